The van der Waals surface area contributed by atoms with E-state index in [0.717, 1.165) is 5.56 Å². The third kappa shape index (κ3) is 3.24. The summed E-state index contributed by atoms with van der Waals surface area (Å²) in [6, 6.07) is 12.0. The first-order chi connectivity index (χ1) is 13.2. The van der Waals surface area contributed by atoms with Crippen molar-refractivity contribution in [3.8, 4) is 34.3 Å². The molecule has 2 heterocycles. The zero-order chi connectivity index (χ0) is 18.8. The first-order valence-corrected chi connectivity index (χ1v) is 8.08. The maximum Gasteiger partial charge on any atom is 0.277 e. The molecule has 1 aliphatic rings. The topological polar surface area (TPSA) is 92.1 Å². The van der Waals surface area contributed by atoms with E-state index in [2.05, 4.69) is 10.5 Å². The van der Waals surface area contributed by atoms with Crippen LogP contribution in [0, 0.1) is 0 Å². The lowest BCUT2D eigenvalue weighted by molar-refractivity contribution is 0.101. The van der Waals surface area contributed by atoms with Crippen LogP contribution >= 0.6 is 0 Å². The van der Waals surface area contributed by atoms with Crippen LogP contribution in [0.1, 0.15) is 10.5 Å². The number of nitrogens with one attached hydrogen (secondary N) is 1. The van der Waals surface area contributed by atoms with E-state index in [1.165, 1.54) is 7.11 Å². The molecule has 27 heavy (non-hydrogen) atoms. The molecule has 0 unspecified atom stereocenters. The van der Waals surface area contributed by atoms with E-state index < -0.39 is 5.91 Å². The van der Waals surface area contributed by atoms with E-state index >= 15 is 0 Å². The number of nitrogens with zero attached hydrogens (tertiary/aromatic N) is 1. The molecule has 0 aliphatic carbocycles. The minimum absolute atomic E-state index is 0.139. The summed E-state index contributed by atoms with van der Waals surface area (Å²) in [5.74, 6) is 2.41. The Hall–Kier alpha value is -3.68. The molecule has 2 aromatic carbocycles. The van der Waals surface area contributed by atoms with Gasteiger partial charge in [0.2, 0.25) is 6.79 Å². The van der Waals surface area contributed by atoms with E-state index in [-0.39, 0.29) is 12.5 Å². The number of aromatic nitrogens is 1. The minimum atomic E-state index is -0.422. The van der Waals surface area contributed by atoms with Gasteiger partial charge in [-0.25, -0.2) is 0 Å². The van der Waals surface area contributed by atoms with E-state index in [1.807, 2.05) is 6.07 Å². The van der Waals surface area contributed by atoms with Crippen molar-refractivity contribution in [3.63, 3.8) is 0 Å². The summed E-state index contributed by atoms with van der Waals surface area (Å²) in [7, 11) is 3.07. The van der Waals surface area contributed by atoms with Gasteiger partial charge in [-0.15, -0.1) is 0 Å². The van der Waals surface area contributed by atoms with Crippen LogP contribution in [0.3, 0.4) is 0 Å². The summed E-state index contributed by atoms with van der Waals surface area (Å²) in [6.07, 6.45) is 0. The molecule has 0 bridgehead atoms. The Bertz CT molecular complexity index is 998. The monoisotopic (exact) mass is 368 g/mol. The normalized spacial score (nSPS) is 11.9. The Morgan fingerprint density at radius 2 is 1.89 bits per heavy atom. The van der Waals surface area contributed by atoms with Crippen LogP contribution in [-0.4, -0.2) is 32.1 Å². The smallest absolute Gasteiger partial charge is 0.277 e. The predicted molar refractivity (Wildman–Crippen MR) is 95.6 cm³/mol. The van der Waals surface area contributed by atoms with Gasteiger partial charge in [-0.2, -0.15) is 0 Å². The molecular weight excluding hydrogens is 352 g/mol. The van der Waals surface area contributed by atoms with Crippen LogP contribution in [0.2, 0.25) is 0 Å². The fourth-order valence-electron chi connectivity index (χ4n) is 2.66. The van der Waals surface area contributed by atoms with Gasteiger partial charge >= 0.3 is 0 Å². The Morgan fingerprint density at radius 3 is 2.70 bits per heavy atom. The summed E-state index contributed by atoms with van der Waals surface area (Å²) in [6.45, 7) is 0.187. The number of anilines is 1. The van der Waals surface area contributed by atoms with Crippen molar-refractivity contribution in [1.82, 2.24) is 5.16 Å². The van der Waals surface area contributed by atoms with Gasteiger partial charge in [-0.05, 0) is 30.3 Å². The standard InChI is InChI=1S/C19H16N2O6/c1-23-12-4-5-13(17(8-12)24-2)20-19(22)14-9-16(27-21-14)11-3-6-15-18(7-11)26-10-25-15/h3-9H,10H2,1-2H3,(H,20,22). The van der Waals surface area contributed by atoms with Crippen molar-refractivity contribution in [2.45, 2.75) is 0 Å². The van der Waals surface area contributed by atoms with Crippen LogP contribution < -0.4 is 24.3 Å². The highest BCUT2D eigenvalue weighted by Gasteiger charge is 2.19. The molecule has 1 amide bonds. The van der Waals surface area contributed by atoms with Crippen molar-refractivity contribution in [3.05, 3.63) is 48.2 Å². The summed E-state index contributed by atoms with van der Waals surface area (Å²) >= 11 is 0. The lowest BCUT2D eigenvalue weighted by Gasteiger charge is -2.10. The summed E-state index contributed by atoms with van der Waals surface area (Å²) < 4.78 is 26.4. The van der Waals surface area contributed by atoms with Gasteiger partial charge in [0.15, 0.2) is 23.0 Å². The number of methoxy groups -OCH3 is 2. The van der Waals surface area contributed by atoms with Gasteiger partial charge in [0.1, 0.15) is 11.5 Å². The Kier molecular flexibility index (Phi) is 4.29. The van der Waals surface area contributed by atoms with Gasteiger partial charge < -0.3 is 28.8 Å². The summed E-state index contributed by atoms with van der Waals surface area (Å²) in [4.78, 5) is 12.5. The molecule has 0 atom stereocenters. The molecule has 8 heteroatoms. The maximum atomic E-state index is 12.5. The molecule has 8 nitrogen and oxygen atoms in total. The van der Waals surface area contributed by atoms with Crippen LogP contribution in [-0.2, 0) is 0 Å². The highest BCUT2D eigenvalue weighted by atomic mass is 16.7. The molecule has 1 aliphatic heterocycles. The zero-order valence-corrected chi connectivity index (χ0v) is 14.6. The molecule has 0 radical (unpaired) electrons. The lowest BCUT2D eigenvalue weighted by atomic mass is 10.1. The van der Waals surface area contributed by atoms with Gasteiger partial charge in [-0.3, -0.25) is 4.79 Å². The van der Waals surface area contributed by atoms with Crippen LogP contribution in [0.15, 0.2) is 47.0 Å². The number of fused-ring (bicyclic) bond motifs is 1. The van der Waals surface area contributed by atoms with Gasteiger partial charge in [0, 0.05) is 17.7 Å². The van der Waals surface area contributed by atoms with Crippen molar-refractivity contribution in [2.75, 3.05) is 26.3 Å². The van der Waals surface area contributed by atoms with E-state index in [0.29, 0.717) is 34.4 Å². The highest BCUT2D eigenvalue weighted by Crippen LogP contribution is 2.36. The molecule has 0 spiro atoms. The average molecular weight is 368 g/mol. The Labute approximate surface area is 154 Å². The fraction of sp³-hybridized carbons (Fsp3) is 0.158. The average Bonchev–Trinajstić information content (AvgIpc) is 3.37. The Balaban J connectivity index is 1.54. The first kappa shape index (κ1) is 16.8. The minimum Gasteiger partial charge on any atom is -0.497 e. The second kappa shape index (κ2) is 6.91. The largest absolute Gasteiger partial charge is 0.497 e. The van der Waals surface area contributed by atoms with E-state index in [4.69, 9.17) is 23.5 Å². The molecule has 138 valence electrons. The number of carbonyl (C=O) groups excluding carboxylic acids is 1. The molecular formula is C19H16N2O6. The Morgan fingerprint density at radius 1 is 1.04 bits per heavy atom. The fourth-order valence-corrected chi connectivity index (χ4v) is 2.66. The number of hydrogen-bond donors (Lipinski definition) is 1. The van der Waals surface area contributed by atoms with Crippen molar-refractivity contribution >= 4 is 11.6 Å². The van der Waals surface area contributed by atoms with Crippen LogP contribution in [0.4, 0.5) is 5.69 Å². The highest BCUT2D eigenvalue weighted by molar-refractivity contribution is 6.04. The number of rotatable bonds is 5. The lowest BCUT2D eigenvalue weighted by Crippen LogP contribution is -2.13. The SMILES string of the molecule is COc1ccc(NC(=O)c2cc(-c3ccc4c(c3)OCO4)on2)c(OC)c1. The van der Waals surface area contributed by atoms with Crippen LogP contribution in [0.5, 0.6) is 23.0 Å². The second-order valence-corrected chi connectivity index (χ2v) is 5.66. The predicted octanol–water partition coefficient (Wildman–Crippen LogP) is 3.34. The summed E-state index contributed by atoms with van der Waals surface area (Å²) in [5.41, 5.74) is 1.37. The molecule has 0 saturated carbocycles. The molecule has 0 fully saturated rings. The van der Waals surface area contributed by atoms with Gasteiger partial charge in [0.05, 0.1) is 19.9 Å². The second-order valence-electron chi connectivity index (χ2n) is 5.66. The molecule has 3 aromatic rings. The van der Waals surface area contributed by atoms with E-state index in [1.54, 1.807) is 43.5 Å². The molecule has 1 aromatic heterocycles. The quantitative estimate of drug-likeness (QED) is 0.738. The van der Waals surface area contributed by atoms with Crippen molar-refractivity contribution < 1.29 is 28.3 Å². The third-order valence-corrected chi connectivity index (χ3v) is 4.06. The zero-order valence-electron chi connectivity index (χ0n) is 14.6. The number of carbonyl (C=O) groups is 1. The number of ether oxygens (including phenoxy) is 4. The number of hydrogen-bond acceptors (Lipinski definition) is 7. The van der Waals surface area contributed by atoms with Crippen LogP contribution in [0.25, 0.3) is 11.3 Å². The first-order valence-electron chi connectivity index (χ1n) is 8.08. The van der Waals surface area contributed by atoms with Gasteiger partial charge in [0.25, 0.3) is 5.91 Å². The number of amides is 1. The molecule has 0 saturated heterocycles. The molecule has 4 rings (SSSR count). The third-order valence-electron chi connectivity index (χ3n) is 4.06. The van der Waals surface area contributed by atoms with Gasteiger partial charge in [-0.1, -0.05) is 5.16 Å². The van der Waals surface area contributed by atoms with E-state index in [9.17, 15) is 4.79 Å². The summed E-state index contributed by atoms with van der Waals surface area (Å²) in [5, 5.41) is 6.60. The maximum absolute atomic E-state index is 12.5. The number of benzene rings is 2. The van der Waals surface area contributed by atoms with Crippen molar-refractivity contribution in [2.24, 2.45) is 0 Å². The van der Waals surface area contributed by atoms with Crippen molar-refractivity contribution in [1.29, 1.82) is 0 Å². The molecule has 1 N–H and O–H groups in total.